The Hall–Kier alpha value is -1.88. The number of benzene rings is 1. The fourth-order valence-electron chi connectivity index (χ4n) is 2.07. The van der Waals surface area contributed by atoms with Crippen molar-refractivity contribution in [1.82, 2.24) is 4.90 Å². The molecule has 1 heterocycles. The molecule has 0 aliphatic carbocycles. The smallest absolute Gasteiger partial charge is 0.306 e. The molecule has 1 aliphatic rings. The molecule has 0 aromatic heterocycles. The van der Waals surface area contributed by atoms with Crippen molar-refractivity contribution in [3.8, 4) is 0 Å². The van der Waals surface area contributed by atoms with Crippen LogP contribution in [0, 0.1) is 0 Å². The predicted molar refractivity (Wildman–Crippen MR) is 68.1 cm³/mol. The second kappa shape index (κ2) is 6.33. The summed E-state index contributed by atoms with van der Waals surface area (Å²) in [6.07, 6.45) is -0.0847. The number of hydrogen-bond acceptors (Lipinski definition) is 4. The van der Waals surface area contributed by atoms with Crippen LogP contribution in [0.4, 0.5) is 0 Å². The Morgan fingerprint density at radius 1 is 1.32 bits per heavy atom. The topological polar surface area (TPSA) is 55.8 Å². The summed E-state index contributed by atoms with van der Waals surface area (Å²) < 4.78 is 10.1. The Morgan fingerprint density at radius 3 is 2.74 bits per heavy atom. The summed E-state index contributed by atoms with van der Waals surface area (Å²) in [7, 11) is 1.32. The zero-order valence-corrected chi connectivity index (χ0v) is 10.9. The standard InChI is InChI=1S/C14H17NO4/c1-18-13(17)8-7-12(16)15-9-10-19-14(15)11-5-3-2-4-6-11/h2-6,14H,7-10H2,1H3. The number of amides is 1. The highest BCUT2D eigenvalue weighted by Crippen LogP contribution is 2.27. The number of carbonyl (C=O) groups excluding carboxylic acids is 2. The molecule has 19 heavy (non-hydrogen) atoms. The molecule has 0 saturated carbocycles. The average molecular weight is 263 g/mol. The summed E-state index contributed by atoms with van der Waals surface area (Å²) in [6.45, 7) is 1.07. The van der Waals surface area contributed by atoms with E-state index in [0.29, 0.717) is 13.2 Å². The third-order valence-corrected chi connectivity index (χ3v) is 3.07. The lowest BCUT2D eigenvalue weighted by Gasteiger charge is -2.23. The van der Waals surface area contributed by atoms with Gasteiger partial charge in [-0.25, -0.2) is 0 Å². The lowest BCUT2D eigenvalue weighted by atomic mass is 10.1. The molecular weight excluding hydrogens is 246 g/mol. The van der Waals surface area contributed by atoms with Crippen molar-refractivity contribution < 1.29 is 19.1 Å². The first-order valence-corrected chi connectivity index (χ1v) is 6.25. The molecule has 5 nitrogen and oxygen atoms in total. The number of esters is 1. The van der Waals surface area contributed by atoms with Gasteiger partial charge in [0.15, 0.2) is 6.23 Å². The summed E-state index contributed by atoms with van der Waals surface area (Å²) >= 11 is 0. The first-order chi connectivity index (χ1) is 9.22. The minimum Gasteiger partial charge on any atom is -0.469 e. The lowest BCUT2D eigenvalue weighted by molar-refractivity contribution is -0.145. The van der Waals surface area contributed by atoms with Crippen molar-refractivity contribution in [3.63, 3.8) is 0 Å². The van der Waals surface area contributed by atoms with Gasteiger partial charge in [-0.15, -0.1) is 0 Å². The maximum atomic E-state index is 12.1. The van der Waals surface area contributed by atoms with Gasteiger partial charge in [0.1, 0.15) is 0 Å². The van der Waals surface area contributed by atoms with E-state index in [2.05, 4.69) is 4.74 Å². The highest BCUT2D eigenvalue weighted by Gasteiger charge is 2.30. The van der Waals surface area contributed by atoms with E-state index in [1.807, 2.05) is 30.3 Å². The van der Waals surface area contributed by atoms with E-state index in [9.17, 15) is 9.59 Å². The molecule has 102 valence electrons. The average Bonchev–Trinajstić information content (AvgIpc) is 2.94. The van der Waals surface area contributed by atoms with E-state index in [1.165, 1.54) is 7.11 Å². The van der Waals surface area contributed by atoms with Crippen LogP contribution in [0.25, 0.3) is 0 Å². The highest BCUT2D eigenvalue weighted by atomic mass is 16.5. The van der Waals surface area contributed by atoms with Gasteiger partial charge in [-0.05, 0) is 0 Å². The predicted octanol–water partition coefficient (Wildman–Crippen LogP) is 1.50. The van der Waals surface area contributed by atoms with Crippen LogP contribution in [0.3, 0.4) is 0 Å². The molecule has 5 heteroatoms. The molecular formula is C14H17NO4. The zero-order chi connectivity index (χ0) is 13.7. The molecule has 0 bridgehead atoms. The van der Waals surface area contributed by atoms with Crippen LogP contribution in [0.15, 0.2) is 30.3 Å². The lowest BCUT2D eigenvalue weighted by Crippen LogP contribution is -2.31. The first kappa shape index (κ1) is 13.5. The Kier molecular flexibility index (Phi) is 4.52. The van der Waals surface area contributed by atoms with Gasteiger partial charge in [0.25, 0.3) is 0 Å². The van der Waals surface area contributed by atoms with Crippen LogP contribution in [-0.2, 0) is 19.1 Å². The van der Waals surface area contributed by atoms with E-state index < -0.39 is 0 Å². The molecule has 1 amide bonds. The van der Waals surface area contributed by atoms with Crippen molar-refractivity contribution in [1.29, 1.82) is 0 Å². The van der Waals surface area contributed by atoms with Crippen LogP contribution >= 0.6 is 0 Å². The first-order valence-electron chi connectivity index (χ1n) is 6.25. The molecule has 1 aromatic carbocycles. The van der Waals surface area contributed by atoms with Crippen molar-refractivity contribution in [2.24, 2.45) is 0 Å². The summed E-state index contributed by atoms with van der Waals surface area (Å²) in [5, 5.41) is 0. The Balaban J connectivity index is 1.99. The fourth-order valence-corrected chi connectivity index (χ4v) is 2.07. The Morgan fingerprint density at radius 2 is 2.05 bits per heavy atom. The second-order valence-corrected chi connectivity index (χ2v) is 4.30. The monoisotopic (exact) mass is 263 g/mol. The molecule has 0 radical (unpaired) electrons. The van der Waals surface area contributed by atoms with E-state index in [0.717, 1.165) is 5.56 Å². The molecule has 1 aliphatic heterocycles. The van der Waals surface area contributed by atoms with Gasteiger partial charge >= 0.3 is 5.97 Å². The van der Waals surface area contributed by atoms with Gasteiger partial charge in [0, 0.05) is 18.5 Å². The molecule has 0 spiro atoms. The van der Waals surface area contributed by atoms with Crippen molar-refractivity contribution in [2.45, 2.75) is 19.1 Å². The highest BCUT2D eigenvalue weighted by molar-refractivity contribution is 5.81. The zero-order valence-electron chi connectivity index (χ0n) is 10.9. The van der Waals surface area contributed by atoms with Gasteiger partial charge in [-0.1, -0.05) is 30.3 Å². The van der Waals surface area contributed by atoms with Gasteiger partial charge in [-0.3, -0.25) is 9.59 Å². The Labute approximate surface area is 112 Å². The number of carbonyl (C=O) groups is 2. The SMILES string of the molecule is COC(=O)CCC(=O)N1CCOC1c1ccccc1. The van der Waals surface area contributed by atoms with Crippen LogP contribution in [0.1, 0.15) is 24.6 Å². The van der Waals surface area contributed by atoms with Crippen LogP contribution in [0.5, 0.6) is 0 Å². The number of ether oxygens (including phenoxy) is 2. The molecule has 1 unspecified atom stereocenters. The van der Waals surface area contributed by atoms with Crippen molar-refractivity contribution in [3.05, 3.63) is 35.9 Å². The fraction of sp³-hybridized carbons (Fsp3) is 0.429. The second-order valence-electron chi connectivity index (χ2n) is 4.30. The molecule has 1 fully saturated rings. The van der Waals surface area contributed by atoms with E-state index >= 15 is 0 Å². The molecule has 1 saturated heterocycles. The quantitative estimate of drug-likeness (QED) is 0.772. The normalized spacial score (nSPS) is 18.4. The third kappa shape index (κ3) is 3.32. The maximum Gasteiger partial charge on any atom is 0.306 e. The summed E-state index contributed by atoms with van der Waals surface area (Å²) in [4.78, 5) is 24.8. The van der Waals surface area contributed by atoms with E-state index in [-0.39, 0.29) is 30.9 Å². The molecule has 1 aromatic rings. The number of hydrogen-bond donors (Lipinski definition) is 0. The molecule has 2 rings (SSSR count). The van der Waals surface area contributed by atoms with Crippen molar-refractivity contribution in [2.75, 3.05) is 20.3 Å². The number of nitrogens with zero attached hydrogens (tertiary/aromatic N) is 1. The summed E-state index contributed by atoms with van der Waals surface area (Å²) in [5.74, 6) is -0.457. The van der Waals surface area contributed by atoms with Crippen LogP contribution in [-0.4, -0.2) is 37.0 Å². The number of methoxy groups -OCH3 is 1. The minimum atomic E-state index is -0.371. The third-order valence-electron chi connectivity index (χ3n) is 3.07. The summed E-state index contributed by atoms with van der Waals surface area (Å²) in [6, 6.07) is 9.59. The molecule has 1 atom stereocenters. The minimum absolute atomic E-state index is 0.0863. The number of rotatable bonds is 4. The van der Waals surface area contributed by atoms with Gasteiger partial charge < -0.3 is 14.4 Å². The van der Waals surface area contributed by atoms with Crippen LogP contribution in [0.2, 0.25) is 0 Å². The molecule has 0 N–H and O–H groups in total. The Bertz CT molecular complexity index is 446. The van der Waals surface area contributed by atoms with Crippen molar-refractivity contribution >= 4 is 11.9 Å². The van der Waals surface area contributed by atoms with Gasteiger partial charge in [0.2, 0.25) is 5.91 Å². The van der Waals surface area contributed by atoms with E-state index in [1.54, 1.807) is 4.90 Å². The van der Waals surface area contributed by atoms with Gasteiger partial charge in [0.05, 0.1) is 20.1 Å². The summed E-state index contributed by atoms with van der Waals surface area (Å²) in [5.41, 5.74) is 0.950. The van der Waals surface area contributed by atoms with Crippen LogP contribution < -0.4 is 0 Å². The van der Waals surface area contributed by atoms with E-state index in [4.69, 9.17) is 4.74 Å². The largest absolute Gasteiger partial charge is 0.469 e. The maximum absolute atomic E-state index is 12.1. The van der Waals surface area contributed by atoms with Gasteiger partial charge in [-0.2, -0.15) is 0 Å².